The molecule has 106 valence electrons. The number of nitrogens with one attached hydrogen (secondary N) is 1. The van der Waals surface area contributed by atoms with Crippen LogP contribution in [0.4, 0.5) is 0 Å². The Kier molecular flexibility index (Phi) is 3.92. The summed E-state index contributed by atoms with van der Waals surface area (Å²) in [5, 5.41) is 8.39. The molecule has 0 aliphatic heterocycles. The fourth-order valence-electron chi connectivity index (χ4n) is 2.12. The Bertz CT molecular complexity index is 721. The van der Waals surface area contributed by atoms with Crippen molar-refractivity contribution in [2.45, 2.75) is 11.1 Å². The van der Waals surface area contributed by atoms with Crippen LogP contribution in [0.1, 0.15) is 11.5 Å². The first-order chi connectivity index (χ1) is 10.2. The summed E-state index contributed by atoms with van der Waals surface area (Å²) < 4.78 is 5.67. The molecule has 0 saturated heterocycles. The fraction of sp³-hybridized carbons (Fsp3) is 0.125. The van der Waals surface area contributed by atoms with E-state index in [1.807, 2.05) is 54.6 Å². The van der Waals surface area contributed by atoms with E-state index in [2.05, 4.69) is 4.98 Å². The van der Waals surface area contributed by atoms with Gasteiger partial charge in [-0.15, -0.1) is 0 Å². The van der Waals surface area contributed by atoms with Crippen LogP contribution >= 0.6 is 11.8 Å². The van der Waals surface area contributed by atoms with Crippen molar-refractivity contribution in [1.82, 2.24) is 4.98 Å². The Hall–Kier alpha value is -2.27. The minimum Gasteiger partial charge on any atom is -0.431 e. The molecule has 3 rings (SSSR count). The van der Waals surface area contributed by atoms with Gasteiger partial charge in [-0.05, 0) is 17.7 Å². The highest BCUT2D eigenvalue weighted by molar-refractivity contribution is 7.99. The van der Waals surface area contributed by atoms with Crippen LogP contribution in [0.5, 0.6) is 0 Å². The molecule has 1 atom stereocenters. The number of benzene rings is 2. The number of fused-ring (bicyclic) bond motifs is 1. The van der Waals surface area contributed by atoms with Crippen molar-refractivity contribution in [2.24, 2.45) is 5.73 Å². The molecule has 0 saturated carbocycles. The standard InChI is InChI=1S/C16H15N3OS/c17-15(18)12(11-6-2-1-3-7-11)10-21-16-19-13-8-4-5-9-14(13)20-16/h1-9,12H,10H2,(H3,17,18). The van der Waals surface area contributed by atoms with Gasteiger partial charge in [0.15, 0.2) is 5.58 Å². The van der Waals surface area contributed by atoms with Crippen LogP contribution in [-0.4, -0.2) is 16.6 Å². The highest BCUT2D eigenvalue weighted by Gasteiger charge is 2.17. The van der Waals surface area contributed by atoms with E-state index in [9.17, 15) is 0 Å². The highest BCUT2D eigenvalue weighted by atomic mass is 32.2. The van der Waals surface area contributed by atoms with Gasteiger partial charge in [0, 0.05) is 5.75 Å². The number of oxazole rings is 1. The van der Waals surface area contributed by atoms with Gasteiger partial charge in [0.25, 0.3) is 5.22 Å². The lowest BCUT2D eigenvalue weighted by Gasteiger charge is -2.14. The third kappa shape index (κ3) is 3.08. The summed E-state index contributed by atoms with van der Waals surface area (Å²) in [5.74, 6) is 0.655. The van der Waals surface area contributed by atoms with Gasteiger partial charge in [0.2, 0.25) is 0 Å². The molecule has 0 aliphatic carbocycles. The summed E-state index contributed by atoms with van der Waals surface area (Å²) in [6, 6.07) is 17.5. The number of aromatic nitrogens is 1. The van der Waals surface area contributed by atoms with Gasteiger partial charge in [-0.3, -0.25) is 5.41 Å². The van der Waals surface area contributed by atoms with Crippen molar-refractivity contribution in [3.8, 4) is 0 Å². The summed E-state index contributed by atoms with van der Waals surface area (Å²) in [6.07, 6.45) is 0. The van der Waals surface area contributed by atoms with Gasteiger partial charge < -0.3 is 10.2 Å². The van der Waals surface area contributed by atoms with E-state index in [1.54, 1.807) is 0 Å². The summed E-state index contributed by atoms with van der Waals surface area (Å²) >= 11 is 1.48. The lowest BCUT2D eigenvalue weighted by molar-refractivity contribution is 0.489. The average Bonchev–Trinajstić information content (AvgIpc) is 2.91. The molecule has 1 heterocycles. The van der Waals surface area contributed by atoms with Gasteiger partial charge in [-0.2, -0.15) is 0 Å². The molecular weight excluding hydrogens is 282 g/mol. The summed E-state index contributed by atoms with van der Waals surface area (Å²) in [4.78, 5) is 4.42. The van der Waals surface area contributed by atoms with E-state index < -0.39 is 0 Å². The maximum absolute atomic E-state index is 7.78. The number of rotatable bonds is 5. The summed E-state index contributed by atoms with van der Waals surface area (Å²) in [7, 11) is 0. The third-order valence-corrected chi connectivity index (χ3v) is 4.15. The van der Waals surface area contributed by atoms with Crippen LogP contribution in [0.15, 0.2) is 64.2 Å². The first kappa shape index (κ1) is 13.7. The monoisotopic (exact) mass is 297 g/mol. The molecule has 4 nitrogen and oxygen atoms in total. The molecule has 0 bridgehead atoms. The first-order valence-corrected chi connectivity index (χ1v) is 7.60. The Morgan fingerprint density at radius 1 is 1.14 bits per heavy atom. The van der Waals surface area contributed by atoms with Gasteiger partial charge in [-0.1, -0.05) is 54.2 Å². The van der Waals surface area contributed by atoms with Crippen LogP contribution in [0.25, 0.3) is 11.1 Å². The second-order valence-corrected chi connectivity index (χ2v) is 5.65. The zero-order valence-electron chi connectivity index (χ0n) is 11.3. The molecular formula is C16H15N3OS. The molecule has 3 aromatic rings. The molecule has 1 unspecified atom stereocenters. The molecule has 21 heavy (non-hydrogen) atoms. The molecule has 5 heteroatoms. The van der Waals surface area contributed by atoms with Crippen LogP contribution < -0.4 is 5.73 Å². The van der Waals surface area contributed by atoms with Gasteiger partial charge in [0.05, 0.1) is 11.8 Å². The lowest BCUT2D eigenvalue weighted by Crippen LogP contribution is -2.22. The Labute approximate surface area is 126 Å². The Morgan fingerprint density at radius 2 is 1.86 bits per heavy atom. The number of hydrogen-bond acceptors (Lipinski definition) is 4. The molecule has 0 spiro atoms. The minimum absolute atomic E-state index is 0.133. The van der Waals surface area contributed by atoms with Crippen molar-refractivity contribution in [3.63, 3.8) is 0 Å². The van der Waals surface area contributed by atoms with Crippen molar-refractivity contribution >= 4 is 28.7 Å². The molecule has 3 N–H and O–H groups in total. The van der Waals surface area contributed by atoms with Crippen molar-refractivity contribution < 1.29 is 4.42 Å². The van der Waals surface area contributed by atoms with Crippen molar-refractivity contribution in [2.75, 3.05) is 5.75 Å². The van der Waals surface area contributed by atoms with Crippen LogP contribution in [0.3, 0.4) is 0 Å². The van der Waals surface area contributed by atoms with Gasteiger partial charge in [0.1, 0.15) is 5.52 Å². The zero-order chi connectivity index (χ0) is 14.7. The van der Waals surface area contributed by atoms with E-state index in [-0.39, 0.29) is 11.8 Å². The van der Waals surface area contributed by atoms with Crippen molar-refractivity contribution in [1.29, 1.82) is 5.41 Å². The number of amidine groups is 1. The molecule has 0 amide bonds. The lowest BCUT2D eigenvalue weighted by atomic mass is 10.0. The minimum atomic E-state index is -0.133. The quantitative estimate of drug-likeness (QED) is 0.428. The maximum Gasteiger partial charge on any atom is 0.256 e. The van der Waals surface area contributed by atoms with E-state index >= 15 is 0 Å². The smallest absolute Gasteiger partial charge is 0.256 e. The predicted octanol–water partition coefficient (Wildman–Crippen LogP) is 3.64. The highest BCUT2D eigenvalue weighted by Crippen LogP contribution is 2.28. The fourth-order valence-corrected chi connectivity index (χ4v) is 3.11. The zero-order valence-corrected chi connectivity index (χ0v) is 12.1. The largest absolute Gasteiger partial charge is 0.431 e. The third-order valence-electron chi connectivity index (χ3n) is 3.23. The predicted molar refractivity (Wildman–Crippen MR) is 85.8 cm³/mol. The topological polar surface area (TPSA) is 75.9 Å². The van der Waals surface area contributed by atoms with E-state index in [1.165, 1.54) is 11.8 Å². The molecule has 0 fully saturated rings. The average molecular weight is 297 g/mol. The van der Waals surface area contributed by atoms with Crippen LogP contribution in [0, 0.1) is 5.41 Å². The van der Waals surface area contributed by atoms with Crippen LogP contribution in [-0.2, 0) is 0 Å². The maximum atomic E-state index is 7.78. The summed E-state index contributed by atoms with van der Waals surface area (Å²) in [5.41, 5.74) is 8.39. The number of nitrogens with zero attached hydrogens (tertiary/aromatic N) is 1. The normalized spacial score (nSPS) is 12.4. The van der Waals surface area contributed by atoms with Crippen molar-refractivity contribution in [3.05, 3.63) is 60.2 Å². The SMILES string of the molecule is N=C(N)C(CSc1nc2ccccc2o1)c1ccccc1. The van der Waals surface area contributed by atoms with E-state index in [4.69, 9.17) is 15.6 Å². The van der Waals surface area contributed by atoms with E-state index in [0.29, 0.717) is 11.0 Å². The molecule has 0 radical (unpaired) electrons. The van der Waals surface area contributed by atoms with Gasteiger partial charge >= 0.3 is 0 Å². The van der Waals surface area contributed by atoms with Crippen LogP contribution in [0.2, 0.25) is 0 Å². The van der Waals surface area contributed by atoms with E-state index in [0.717, 1.165) is 16.7 Å². The van der Waals surface area contributed by atoms with Gasteiger partial charge in [-0.25, -0.2) is 4.98 Å². The Morgan fingerprint density at radius 3 is 2.57 bits per heavy atom. The second-order valence-electron chi connectivity index (χ2n) is 4.68. The molecule has 1 aromatic heterocycles. The number of para-hydroxylation sites is 2. The molecule has 0 aliphatic rings. The number of hydrogen-bond donors (Lipinski definition) is 2. The second kappa shape index (κ2) is 6.01. The number of nitrogens with two attached hydrogens (primary N) is 1. The first-order valence-electron chi connectivity index (χ1n) is 6.61. The number of thioether (sulfide) groups is 1. The molecule has 2 aromatic carbocycles. The Balaban J connectivity index is 1.76. The summed E-state index contributed by atoms with van der Waals surface area (Å²) in [6.45, 7) is 0.